The Bertz CT molecular complexity index is 1090. The molecule has 2 amide bonds. The maximum Gasteiger partial charge on any atom is 0.251 e. The Morgan fingerprint density at radius 2 is 1.64 bits per heavy atom. The number of rotatable bonds is 7. The van der Waals surface area contributed by atoms with Crippen molar-refractivity contribution in [1.29, 1.82) is 0 Å². The van der Waals surface area contributed by atoms with E-state index in [9.17, 15) is 18.0 Å². The number of aryl methyl sites for hydroxylation is 2. The molecule has 1 saturated heterocycles. The number of piperidine rings is 1. The van der Waals surface area contributed by atoms with Crippen LogP contribution >= 0.6 is 0 Å². The van der Waals surface area contributed by atoms with Crippen LogP contribution < -0.4 is 10.0 Å². The van der Waals surface area contributed by atoms with Gasteiger partial charge >= 0.3 is 0 Å². The minimum atomic E-state index is -3.64. The number of amides is 2. The van der Waals surface area contributed by atoms with Gasteiger partial charge in [0.2, 0.25) is 15.9 Å². The van der Waals surface area contributed by atoms with Gasteiger partial charge in [-0.1, -0.05) is 24.3 Å². The number of carbonyl (C=O) groups excluding carboxylic acids is 2. The Morgan fingerprint density at radius 3 is 2.36 bits per heavy atom. The summed E-state index contributed by atoms with van der Waals surface area (Å²) < 4.78 is 27.9. The summed E-state index contributed by atoms with van der Waals surface area (Å²) in [7, 11) is -3.64. The molecule has 0 spiro atoms. The number of hydrogen-bond acceptors (Lipinski definition) is 4. The zero-order valence-electron chi connectivity index (χ0n) is 18.8. The van der Waals surface area contributed by atoms with Crippen LogP contribution in [-0.2, 0) is 27.7 Å². The van der Waals surface area contributed by atoms with Gasteiger partial charge in [-0.3, -0.25) is 9.59 Å². The van der Waals surface area contributed by atoms with Crippen LogP contribution in [0.1, 0.15) is 53.6 Å². The lowest BCUT2D eigenvalue weighted by Crippen LogP contribution is -2.47. The van der Waals surface area contributed by atoms with E-state index < -0.39 is 10.0 Å². The molecule has 1 aliphatic heterocycles. The van der Waals surface area contributed by atoms with E-state index >= 15 is 0 Å². The lowest BCUT2D eigenvalue weighted by molar-refractivity contribution is -0.132. The Morgan fingerprint density at radius 1 is 0.939 bits per heavy atom. The average molecular weight is 470 g/mol. The van der Waals surface area contributed by atoms with Gasteiger partial charge in [-0.2, -0.15) is 0 Å². The fourth-order valence-corrected chi connectivity index (χ4v) is 5.62. The summed E-state index contributed by atoms with van der Waals surface area (Å²) in [5, 5.41) is 3.03. The van der Waals surface area contributed by atoms with Crippen LogP contribution in [0.3, 0.4) is 0 Å². The van der Waals surface area contributed by atoms with E-state index in [1.54, 1.807) is 29.2 Å². The van der Waals surface area contributed by atoms with E-state index in [0.29, 0.717) is 31.5 Å². The summed E-state index contributed by atoms with van der Waals surface area (Å²) in [5.41, 5.74) is 2.98. The summed E-state index contributed by atoms with van der Waals surface area (Å²) in [6, 6.07) is 14.5. The van der Waals surface area contributed by atoms with Crippen LogP contribution in [0.2, 0.25) is 0 Å². The number of carbonyl (C=O) groups is 2. The molecule has 0 unspecified atom stereocenters. The first kappa shape index (κ1) is 23.4. The molecule has 1 heterocycles. The lowest BCUT2D eigenvalue weighted by atomic mass is 9.92. The number of nitrogens with one attached hydrogen (secondary N) is 2. The molecule has 33 heavy (non-hydrogen) atoms. The van der Waals surface area contributed by atoms with Crippen LogP contribution in [0.4, 0.5) is 0 Å². The summed E-state index contributed by atoms with van der Waals surface area (Å²) in [5.74, 6) is -0.173. The van der Waals surface area contributed by atoms with Gasteiger partial charge in [0.05, 0.1) is 4.90 Å². The van der Waals surface area contributed by atoms with E-state index in [1.807, 2.05) is 24.3 Å². The maximum absolute atomic E-state index is 12.7. The van der Waals surface area contributed by atoms with Crippen LogP contribution in [0.25, 0.3) is 0 Å². The Balaban J connectivity index is 1.21. The number of nitrogens with zero attached hydrogens (tertiary/aromatic N) is 1. The van der Waals surface area contributed by atoms with Crippen molar-refractivity contribution in [3.63, 3.8) is 0 Å². The number of fused-ring (bicyclic) bond motifs is 1. The van der Waals surface area contributed by atoms with Gasteiger partial charge in [0.1, 0.15) is 0 Å². The van der Waals surface area contributed by atoms with Crippen LogP contribution in [0, 0.1) is 0 Å². The highest BCUT2D eigenvalue weighted by Crippen LogP contribution is 2.24. The average Bonchev–Trinajstić information content (AvgIpc) is 2.84. The second-order valence-corrected chi connectivity index (χ2v) is 10.5. The van der Waals surface area contributed by atoms with Gasteiger partial charge in [-0.05, 0) is 73.9 Å². The van der Waals surface area contributed by atoms with Gasteiger partial charge in [-0.15, -0.1) is 0 Å². The minimum absolute atomic E-state index is 0.0317. The highest BCUT2D eigenvalue weighted by Gasteiger charge is 2.24. The standard InChI is InChI=1S/C25H31N3O4S/c29-24(28-16-13-22(14-17-28)27-25(30)20-7-2-1-3-8-20)12-15-26-33(31,32)23-11-10-19-6-4-5-9-21(19)18-23/h1-3,7-8,10-11,18,22,26H,4-6,9,12-17H2,(H,27,30). The lowest BCUT2D eigenvalue weighted by Gasteiger charge is -2.32. The number of likely N-dealkylation sites (tertiary alicyclic amines) is 1. The number of benzene rings is 2. The molecular formula is C25H31N3O4S. The van der Waals surface area contributed by atoms with Crippen molar-refractivity contribution in [1.82, 2.24) is 14.9 Å². The van der Waals surface area contributed by atoms with Crippen LogP contribution in [0.15, 0.2) is 53.4 Å². The van der Waals surface area contributed by atoms with Crippen LogP contribution in [-0.4, -0.2) is 50.8 Å². The fourth-order valence-electron chi connectivity index (χ4n) is 4.54. The van der Waals surface area contributed by atoms with E-state index in [1.165, 1.54) is 5.56 Å². The molecule has 0 saturated carbocycles. The Hall–Kier alpha value is -2.71. The third kappa shape index (κ3) is 6.00. The second kappa shape index (κ2) is 10.5. The van der Waals surface area contributed by atoms with E-state index in [4.69, 9.17) is 0 Å². The van der Waals surface area contributed by atoms with Crippen molar-refractivity contribution in [2.75, 3.05) is 19.6 Å². The largest absolute Gasteiger partial charge is 0.349 e. The van der Waals surface area contributed by atoms with Crippen molar-refractivity contribution in [2.24, 2.45) is 0 Å². The minimum Gasteiger partial charge on any atom is -0.349 e. The van der Waals surface area contributed by atoms with Gasteiger partial charge in [0, 0.05) is 37.7 Å². The third-order valence-corrected chi connectivity index (χ3v) is 7.94. The molecule has 2 aromatic rings. The van der Waals surface area contributed by atoms with Crippen molar-refractivity contribution in [3.05, 3.63) is 65.2 Å². The van der Waals surface area contributed by atoms with Crippen LogP contribution in [0.5, 0.6) is 0 Å². The zero-order chi connectivity index (χ0) is 23.3. The van der Waals surface area contributed by atoms with E-state index in [-0.39, 0.29) is 35.7 Å². The molecule has 4 rings (SSSR count). The van der Waals surface area contributed by atoms with Crippen molar-refractivity contribution >= 4 is 21.8 Å². The van der Waals surface area contributed by atoms with Gasteiger partial charge in [0.25, 0.3) is 5.91 Å². The first-order chi connectivity index (χ1) is 15.9. The molecule has 0 aromatic heterocycles. The molecule has 1 fully saturated rings. The van der Waals surface area contributed by atoms with E-state index in [0.717, 1.165) is 31.2 Å². The molecule has 176 valence electrons. The van der Waals surface area contributed by atoms with Gasteiger partial charge in [-0.25, -0.2) is 13.1 Å². The quantitative estimate of drug-likeness (QED) is 0.652. The zero-order valence-corrected chi connectivity index (χ0v) is 19.6. The molecule has 2 aromatic carbocycles. The second-order valence-electron chi connectivity index (χ2n) is 8.78. The first-order valence-electron chi connectivity index (χ1n) is 11.7. The summed E-state index contributed by atoms with van der Waals surface area (Å²) in [6.45, 7) is 1.18. The highest BCUT2D eigenvalue weighted by molar-refractivity contribution is 7.89. The van der Waals surface area contributed by atoms with Gasteiger partial charge < -0.3 is 10.2 Å². The van der Waals surface area contributed by atoms with E-state index in [2.05, 4.69) is 10.0 Å². The van der Waals surface area contributed by atoms with Gasteiger partial charge in [0.15, 0.2) is 0 Å². The topological polar surface area (TPSA) is 95.6 Å². The molecule has 0 atom stereocenters. The summed E-state index contributed by atoms with van der Waals surface area (Å²) >= 11 is 0. The Labute approximate surface area is 195 Å². The monoisotopic (exact) mass is 469 g/mol. The number of hydrogen-bond donors (Lipinski definition) is 2. The highest BCUT2D eigenvalue weighted by atomic mass is 32.2. The molecule has 8 heteroatoms. The molecule has 2 aliphatic rings. The van der Waals surface area contributed by atoms with Crippen molar-refractivity contribution < 1.29 is 18.0 Å². The summed E-state index contributed by atoms with van der Waals surface area (Å²) in [4.78, 5) is 26.9. The smallest absolute Gasteiger partial charge is 0.251 e. The molecule has 0 radical (unpaired) electrons. The molecule has 1 aliphatic carbocycles. The predicted octanol–water partition coefficient (Wildman–Crippen LogP) is 2.65. The number of sulfonamides is 1. The Kier molecular flexibility index (Phi) is 7.45. The molecule has 7 nitrogen and oxygen atoms in total. The maximum atomic E-state index is 12.7. The summed E-state index contributed by atoms with van der Waals surface area (Å²) in [6.07, 6.45) is 5.64. The molecular weight excluding hydrogens is 438 g/mol. The molecule has 0 bridgehead atoms. The third-order valence-electron chi connectivity index (χ3n) is 6.48. The first-order valence-corrected chi connectivity index (χ1v) is 13.2. The SMILES string of the molecule is O=C(NC1CCN(C(=O)CCNS(=O)(=O)c2ccc3c(c2)CCCC3)CC1)c1ccccc1. The predicted molar refractivity (Wildman–Crippen MR) is 126 cm³/mol. The van der Waals surface area contributed by atoms with Crippen molar-refractivity contribution in [3.8, 4) is 0 Å². The molecule has 2 N–H and O–H groups in total. The normalized spacial score (nSPS) is 16.8. The van der Waals surface area contributed by atoms with Crippen molar-refractivity contribution in [2.45, 2.75) is 55.9 Å². The fraction of sp³-hybridized carbons (Fsp3) is 0.440.